The van der Waals surface area contributed by atoms with Crippen LogP contribution in [0.15, 0.2) is 54.9 Å². The van der Waals surface area contributed by atoms with E-state index in [1.165, 1.54) is 0 Å². The lowest BCUT2D eigenvalue weighted by atomic mass is 10.1. The zero-order valence-electron chi connectivity index (χ0n) is 13.6. The largest absolute Gasteiger partial charge is 0.359 e. The number of fused-ring (bicyclic) bond motifs is 1. The molecule has 4 aromatic rings. The quantitative estimate of drug-likeness (QED) is 0.541. The van der Waals surface area contributed by atoms with Gasteiger partial charge in [-0.1, -0.05) is 47.7 Å². The minimum atomic E-state index is 0.376. The molecule has 0 bridgehead atoms. The number of hydrogen-bond acceptors (Lipinski definition) is 4. The fourth-order valence-electron chi connectivity index (χ4n) is 2.72. The van der Waals surface area contributed by atoms with Gasteiger partial charge in [-0.3, -0.25) is 0 Å². The molecular weight excluding hydrogens is 316 g/mol. The highest BCUT2D eigenvalue weighted by Gasteiger charge is 2.12. The van der Waals surface area contributed by atoms with Gasteiger partial charge in [0.2, 0.25) is 0 Å². The number of H-pyrrole nitrogens is 1. The Morgan fingerprint density at radius 1 is 1.04 bits per heavy atom. The summed E-state index contributed by atoms with van der Waals surface area (Å²) in [6, 6.07) is 17.0. The molecular formula is C19H18N4S. The van der Waals surface area contributed by atoms with Crippen molar-refractivity contribution < 1.29 is 0 Å². The average Bonchev–Trinajstić information content (AvgIpc) is 3.20. The Kier molecular flexibility index (Phi) is 3.78. The Bertz CT molecular complexity index is 969. The van der Waals surface area contributed by atoms with Gasteiger partial charge in [-0.05, 0) is 26.0 Å². The number of anilines is 1. The van der Waals surface area contributed by atoms with Crippen LogP contribution in [0.1, 0.15) is 13.8 Å². The molecule has 5 heteroatoms. The highest BCUT2D eigenvalue weighted by molar-refractivity contribution is 7.22. The van der Waals surface area contributed by atoms with Gasteiger partial charge in [0.25, 0.3) is 0 Å². The van der Waals surface area contributed by atoms with Crippen LogP contribution in [-0.2, 0) is 0 Å². The second kappa shape index (κ2) is 6.09. The van der Waals surface area contributed by atoms with E-state index in [1.54, 1.807) is 17.7 Å². The Hall–Kier alpha value is -2.66. The van der Waals surface area contributed by atoms with E-state index in [9.17, 15) is 0 Å². The van der Waals surface area contributed by atoms with E-state index in [2.05, 4.69) is 64.4 Å². The molecule has 0 fully saturated rings. The van der Waals surface area contributed by atoms with Gasteiger partial charge in [-0.15, -0.1) is 0 Å². The number of hydrogen-bond donors (Lipinski definition) is 2. The van der Waals surface area contributed by atoms with E-state index >= 15 is 0 Å². The molecule has 0 saturated carbocycles. The fourth-order valence-corrected chi connectivity index (χ4v) is 3.77. The molecule has 0 spiro atoms. The van der Waals surface area contributed by atoms with Gasteiger partial charge in [0.1, 0.15) is 0 Å². The first-order valence-electron chi connectivity index (χ1n) is 7.97. The predicted molar refractivity (Wildman–Crippen MR) is 101 cm³/mol. The van der Waals surface area contributed by atoms with Crippen LogP contribution in [0.5, 0.6) is 0 Å². The number of aromatic nitrogens is 3. The number of aromatic amines is 1. The highest BCUT2D eigenvalue weighted by atomic mass is 32.1. The van der Waals surface area contributed by atoms with Crippen LogP contribution in [0, 0.1) is 0 Å². The van der Waals surface area contributed by atoms with Crippen molar-refractivity contribution in [1.82, 2.24) is 15.0 Å². The third-order valence-corrected chi connectivity index (χ3v) is 4.73. The second-order valence-corrected chi connectivity index (χ2v) is 7.02. The lowest BCUT2D eigenvalue weighted by Gasteiger charge is -2.03. The molecule has 0 unspecified atom stereocenters. The Labute approximate surface area is 144 Å². The zero-order chi connectivity index (χ0) is 16.5. The zero-order valence-corrected chi connectivity index (χ0v) is 14.4. The van der Waals surface area contributed by atoms with Crippen molar-refractivity contribution in [2.45, 2.75) is 19.9 Å². The van der Waals surface area contributed by atoms with Crippen LogP contribution in [0.4, 0.5) is 5.13 Å². The molecule has 2 N–H and O–H groups in total. The van der Waals surface area contributed by atoms with Gasteiger partial charge in [0.15, 0.2) is 5.13 Å². The van der Waals surface area contributed by atoms with E-state index in [-0.39, 0.29) is 0 Å². The second-order valence-electron chi connectivity index (χ2n) is 5.99. The van der Waals surface area contributed by atoms with Crippen LogP contribution in [0.2, 0.25) is 0 Å². The molecule has 2 heterocycles. The third kappa shape index (κ3) is 2.78. The fraction of sp³-hybridized carbons (Fsp3) is 0.158. The van der Waals surface area contributed by atoms with Gasteiger partial charge >= 0.3 is 0 Å². The molecule has 0 aliphatic heterocycles. The molecule has 0 aliphatic carbocycles. The molecule has 4 nitrogen and oxygen atoms in total. The predicted octanol–water partition coefficient (Wildman–Crippen LogP) is 5.17. The molecule has 2 aromatic carbocycles. The summed E-state index contributed by atoms with van der Waals surface area (Å²) < 4.78 is 1.16. The van der Waals surface area contributed by atoms with Crippen molar-refractivity contribution in [3.63, 3.8) is 0 Å². The van der Waals surface area contributed by atoms with Gasteiger partial charge in [-0.25, -0.2) is 9.97 Å². The van der Waals surface area contributed by atoms with E-state index < -0.39 is 0 Å². The maximum absolute atomic E-state index is 4.64. The summed E-state index contributed by atoms with van der Waals surface area (Å²) in [4.78, 5) is 12.4. The third-order valence-electron chi connectivity index (χ3n) is 3.78. The lowest BCUT2D eigenvalue weighted by Crippen LogP contribution is -2.08. The standard InChI is InChI=1S/C19H18N4S/c1-12(2)22-19-23-15-9-8-14(10-16(15)24-19)18-17(20-11-21-18)13-6-4-3-5-7-13/h3-12H,1-2H3,(H,20,21)(H,22,23). The molecule has 0 saturated heterocycles. The van der Waals surface area contributed by atoms with Crippen molar-refractivity contribution in [3.8, 4) is 22.5 Å². The summed E-state index contributed by atoms with van der Waals surface area (Å²) in [5.74, 6) is 0. The smallest absolute Gasteiger partial charge is 0.183 e. The van der Waals surface area contributed by atoms with Gasteiger partial charge in [0, 0.05) is 17.2 Å². The Balaban J connectivity index is 1.76. The molecule has 0 amide bonds. The van der Waals surface area contributed by atoms with Crippen LogP contribution >= 0.6 is 11.3 Å². The summed E-state index contributed by atoms with van der Waals surface area (Å²) in [6.45, 7) is 4.24. The summed E-state index contributed by atoms with van der Waals surface area (Å²) in [5, 5.41) is 4.33. The first-order chi connectivity index (χ1) is 11.7. The molecule has 24 heavy (non-hydrogen) atoms. The van der Waals surface area contributed by atoms with Crippen molar-refractivity contribution in [2.24, 2.45) is 0 Å². The number of benzene rings is 2. The van der Waals surface area contributed by atoms with Crippen LogP contribution in [-0.4, -0.2) is 21.0 Å². The van der Waals surface area contributed by atoms with Crippen LogP contribution < -0.4 is 5.32 Å². The number of nitrogens with one attached hydrogen (secondary N) is 2. The minimum Gasteiger partial charge on any atom is -0.359 e. The van der Waals surface area contributed by atoms with Gasteiger partial charge in [0.05, 0.1) is 27.9 Å². The first-order valence-corrected chi connectivity index (χ1v) is 8.78. The molecule has 2 aromatic heterocycles. The maximum Gasteiger partial charge on any atom is 0.183 e. The van der Waals surface area contributed by atoms with Crippen LogP contribution in [0.3, 0.4) is 0 Å². The molecule has 0 radical (unpaired) electrons. The monoisotopic (exact) mass is 334 g/mol. The van der Waals surface area contributed by atoms with E-state index in [1.807, 2.05) is 18.2 Å². The molecule has 4 rings (SSSR count). The number of rotatable bonds is 4. The van der Waals surface area contributed by atoms with Gasteiger partial charge < -0.3 is 10.3 Å². The Morgan fingerprint density at radius 2 is 1.88 bits per heavy atom. The summed E-state index contributed by atoms with van der Waals surface area (Å²) in [5.41, 5.74) is 5.26. The molecule has 0 aliphatic rings. The van der Waals surface area contributed by atoms with Crippen molar-refractivity contribution in [3.05, 3.63) is 54.9 Å². The topological polar surface area (TPSA) is 53.6 Å². The molecule has 120 valence electrons. The number of imidazole rings is 1. The number of nitrogens with zero attached hydrogens (tertiary/aromatic N) is 2. The van der Waals surface area contributed by atoms with Gasteiger partial charge in [-0.2, -0.15) is 0 Å². The summed E-state index contributed by atoms with van der Waals surface area (Å²) in [7, 11) is 0. The SMILES string of the molecule is CC(C)Nc1nc2ccc(-c3nc[nH]c3-c3ccccc3)cc2s1. The average molecular weight is 334 g/mol. The Morgan fingerprint density at radius 3 is 2.67 bits per heavy atom. The molecule has 0 atom stereocenters. The summed E-state index contributed by atoms with van der Waals surface area (Å²) >= 11 is 1.68. The van der Waals surface area contributed by atoms with Crippen LogP contribution in [0.25, 0.3) is 32.7 Å². The highest BCUT2D eigenvalue weighted by Crippen LogP contribution is 2.33. The first kappa shape index (κ1) is 14.9. The minimum absolute atomic E-state index is 0.376. The van der Waals surface area contributed by atoms with Crippen molar-refractivity contribution in [2.75, 3.05) is 5.32 Å². The maximum atomic E-state index is 4.64. The van der Waals surface area contributed by atoms with Crippen molar-refractivity contribution >= 4 is 26.7 Å². The van der Waals surface area contributed by atoms with E-state index in [4.69, 9.17) is 0 Å². The normalized spacial score (nSPS) is 11.3. The van der Waals surface area contributed by atoms with E-state index in [0.29, 0.717) is 6.04 Å². The van der Waals surface area contributed by atoms with E-state index in [0.717, 1.165) is 37.9 Å². The lowest BCUT2D eigenvalue weighted by molar-refractivity contribution is 0.897. The number of thiazole rings is 1. The van der Waals surface area contributed by atoms with Crippen molar-refractivity contribution in [1.29, 1.82) is 0 Å². The summed E-state index contributed by atoms with van der Waals surface area (Å²) in [6.07, 6.45) is 1.75.